The van der Waals surface area contributed by atoms with E-state index in [2.05, 4.69) is 22.3 Å². The second kappa shape index (κ2) is 10.00. The molecule has 2 rings (SSSR count). The van der Waals surface area contributed by atoms with E-state index in [1.54, 1.807) is 13.1 Å². The zero-order chi connectivity index (χ0) is 18.9. The van der Waals surface area contributed by atoms with Crippen molar-refractivity contribution in [2.45, 2.75) is 45.6 Å². The maximum Gasteiger partial charge on any atom is 0.246 e. The second-order valence-corrected chi connectivity index (χ2v) is 7.24. The van der Waals surface area contributed by atoms with Crippen LogP contribution in [0.2, 0.25) is 0 Å². The molecular formula is C21H31N3O2. The minimum Gasteiger partial charge on any atom is -0.372 e. The summed E-state index contributed by atoms with van der Waals surface area (Å²) in [6.07, 6.45) is 8.47. The fraction of sp³-hybridized carbons (Fsp3) is 0.524. The van der Waals surface area contributed by atoms with Crippen LogP contribution in [0, 0.1) is 0 Å². The Hall–Kier alpha value is -2.30. The minimum absolute atomic E-state index is 0.0647. The van der Waals surface area contributed by atoms with E-state index in [0.29, 0.717) is 0 Å². The zero-order valence-electron chi connectivity index (χ0n) is 16.2. The lowest BCUT2D eigenvalue weighted by molar-refractivity contribution is -0.131. The van der Waals surface area contributed by atoms with E-state index < -0.39 is 0 Å². The number of carbonyl (C=O) groups is 2. The van der Waals surface area contributed by atoms with Crippen LogP contribution in [-0.4, -0.2) is 49.4 Å². The topological polar surface area (TPSA) is 52.7 Å². The maximum atomic E-state index is 12.1. The smallest absolute Gasteiger partial charge is 0.246 e. The minimum atomic E-state index is -0.180. The van der Waals surface area contributed by atoms with Crippen molar-refractivity contribution in [1.29, 1.82) is 0 Å². The molecule has 1 heterocycles. The molecular weight excluding hydrogens is 326 g/mol. The van der Waals surface area contributed by atoms with Gasteiger partial charge in [0.15, 0.2) is 0 Å². The number of rotatable bonds is 6. The molecule has 142 valence electrons. The van der Waals surface area contributed by atoms with Crippen molar-refractivity contribution < 1.29 is 9.59 Å². The summed E-state index contributed by atoms with van der Waals surface area (Å²) in [7, 11) is 1.63. The Morgan fingerprint density at radius 3 is 2.31 bits per heavy atom. The quantitative estimate of drug-likeness (QED) is 0.796. The van der Waals surface area contributed by atoms with Gasteiger partial charge < -0.3 is 15.1 Å². The zero-order valence-corrected chi connectivity index (χ0v) is 16.2. The van der Waals surface area contributed by atoms with Gasteiger partial charge in [0.05, 0.1) is 6.54 Å². The number of carbonyl (C=O) groups excluding carboxylic acids is 2. The van der Waals surface area contributed by atoms with Gasteiger partial charge >= 0.3 is 0 Å². The van der Waals surface area contributed by atoms with E-state index in [9.17, 15) is 9.59 Å². The molecule has 1 aromatic carbocycles. The lowest BCUT2D eigenvalue weighted by Gasteiger charge is -2.22. The highest BCUT2D eigenvalue weighted by molar-refractivity contribution is 5.94. The van der Waals surface area contributed by atoms with Gasteiger partial charge in [0, 0.05) is 37.9 Å². The van der Waals surface area contributed by atoms with Crippen molar-refractivity contribution in [3.8, 4) is 0 Å². The predicted octanol–water partition coefficient (Wildman–Crippen LogP) is 3.06. The van der Waals surface area contributed by atoms with Crippen LogP contribution < -0.4 is 10.2 Å². The van der Waals surface area contributed by atoms with Crippen molar-refractivity contribution in [2.24, 2.45) is 0 Å². The summed E-state index contributed by atoms with van der Waals surface area (Å²) < 4.78 is 0. The highest BCUT2D eigenvalue weighted by atomic mass is 16.2. The highest BCUT2D eigenvalue weighted by Crippen LogP contribution is 2.20. The molecule has 0 radical (unpaired) electrons. The van der Waals surface area contributed by atoms with Gasteiger partial charge in [0.1, 0.15) is 0 Å². The molecule has 26 heavy (non-hydrogen) atoms. The van der Waals surface area contributed by atoms with Gasteiger partial charge in [0.2, 0.25) is 11.8 Å². The first-order valence-corrected chi connectivity index (χ1v) is 9.53. The molecule has 5 nitrogen and oxygen atoms in total. The monoisotopic (exact) mass is 357 g/mol. The summed E-state index contributed by atoms with van der Waals surface area (Å²) in [5.74, 6) is -0.327. The lowest BCUT2D eigenvalue weighted by Crippen LogP contribution is -2.40. The van der Waals surface area contributed by atoms with Gasteiger partial charge in [-0.1, -0.05) is 25.0 Å². The molecule has 1 saturated heterocycles. The average Bonchev–Trinajstić information content (AvgIpc) is 2.88. The molecule has 0 unspecified atom stereocenters. The van der Waals surface area contributed by atoms with Gasteiger partial charge in [-0.25, -0.2) is 0 Å². The van der Waals surface area contributed by atoms with Crippen LogP contribution in [0.3, 0.4) is 0 Å². The summed E-state index contributed by atoms with van der Waals surface area (Å²) in [4.78, 5) is 27.7. The number of nitrogens with one attached hydrogen (secondary N) is 1. The van der Waals surface area contributed by atoms with Crippen LogP contribution in [0.25, 0.3) is 6.08 Å². The van der Waals surface area contributed by atoms with Gasteiger partial charge in [-0.3, -0.25) is 9.59 Å². The molecule has 2 amide bonds. The Labute approximate surface area is 157 Å². The Bertz CT molecular complexity index is 615. The Kier molecular flexibility index (Phi) is 7.70. The Balaban J connectivity index is 1.88. The first kappa shape index (κ1) is 20.0. The fourth-order valence-electron chi connectivity index (χ4n) is 3.08. The predicted molar refractivity (Wildman–Crippen MR) is 107 cm³/mol. The molecule has 0 atom stereocenters. The van der Waals surface area contributed by atoms with Crippen molar-refractivity contribution in [1.82, 2.24) is 10.2 Å². The third-order valence-corrected chi connectivity index (χ3v) is 4.49. The van der Waals surface area contributed by atoms with E-state index in [0.717, 1.165) is 18.7 Å². The molecule has 1 N–H and O–H groups in total. The molecule has 1 aromatic rings. The molecule has 0 saturated carbocycles. The number of hydrogen-bond acceptors (Lipinski definition) is 3. The Morgan fingerprint density at radius 1 is 1.12 bits per heavy atom. The summed E-state index contributed by atoms with van der Waals surface area (Å²) in [5.41, 5.74) is 2.23. The second-order valence-electron chi connectivity index (χ2n) is 7.24. The van der Waals surface area contributed by atoms with Crippen molar-refractivity contribution in [3.63, 3.8) is 0 Å². The van der Waals surface area contributed by atoms with E-state index in [4.69, 9.17) is 0 Å². The summed E-state index contributed by atoms with van der Waals surface area (Å²) >= 11 is 0. The van der Waals surface area contributed by atoms with Crippen LogP contribution in [-0.2, 0) is 9.59 Å². The van der Waals surface area contributed by atoms with Crippen LogP contribution >= 0.6 is 0 Å². The van der Waals surface area contributed by atoms with E-state index in [1.165, 1.54) is 42.3 Å². The van der Waals surface area contributed by atoms with Crippen LogP contribution in [0.5, 0.6) is 0 Å². The largest absolute Gasteiger partial charge is 0.372 e. The highest BCUT2D eigenvalue weighted by Gasteiger charge is 2.11. The number of likely N-dealkylation sites (N-methyl/N-ethyl adjacent to an activating group) is 1. The SMILES string of the molecule is CC(C)NC(=O)CN(C)C(=O)/C=C/c1ccc(N2CCCCCC2)cc1. The molecule has 0 bridgehead atoms. The molecule has 1 aliphatic heterocycles. The van der Waals surface area contributed by atoms with Gasteiger partial charge in [-0.05, 0) is 50.5 Å². The van der Waals surface area contributed by atoms with Crippen LogP contribution in [0.15, 0.2) is 30.3 Å². The van der Waals surface area contributed by atoms with Crippen molar-refractivity contribution >= 4 is 23.6 Å². The number of anilines is 1. The molecule has 0 aromatic heterocycles. The Morgan fingerprint density at radius 2 is 1.73 bits per heavy atom. The summed E-state index contributed by atoms with van der Waals surface area (Å²) in [6.45, 7) is 6.10. The standard InChI is InChI=1S/C21H31N3O2/c1-17(2)22-20(25)16-23(3)21(26)13-10-18-8-11-19(12-9-18)24-14-6-4-5-7-15-24/h8-13,17H,4-7,14-16H2,1-3H3,(H,22,25)/b13-10+. The molecule has 1 fully saturated rings. The van der Waals surface area contributed by atoms with Gasteiger partial charge in [0.25, 0.3) is 0 Å². The van der Waals surface area contributed by atoms with Gasteiger partial charge in [-0.2, -0.15) is 0 Å². The third-order valence-electron chi connectivity index (χ3n) is 4.49. The molecule has 0 spiro atoms. The fourth-order valence-corrected chi connectivity index (χ4v) is 3.08. The normalized spacial score (nSPS) is 15.2. The molecule has 5 heteroatoms. The molecule has 0 aliphatic carbocycles. The lowest BCUT2D eigenvalue weighted by atomic mass is 10.1. The number of amides is 2. The summed E-state index contributed by atoms with van der Waals surface area (Å²) in [6, 6.07) is 8.39. The van der Waals surface area contributed by atoms with E-state index in [1.807, 2.05) is 26.0 Å². The number of nitrogens with zero attached hydrogens (tertiary/aromatic N) is 2. The first-order chi connectivity index (χ1) is 12.5. The first-order valence-electron chi connectivity index (χ1n) is 9.53. The maximum absolute atomic E-state index is 12.1. The van der Waals surface area contributed by atoms with E-state index >= 15 is 0 Å². The van der Waals surface area contributed by atoms with Crippen LogP contribution in [0.4, 0.5) is 5.69 Å². The summed E-state index contributed by atoms with van der Waals surface area (Å²) in [5, 5.41) is 2.78. The van der Waals surface area contributed by atoms with Crippen molar-refractivity contribution in [3.05, 3.63) is 35.9 Å². The van der Waals surface area contributed by atoms with Crippen LogP contribution in [0.1, 0.15) is 45.1 Å². The molecule has 1 aliphatic rings. The van der Waals surface area contributed by atoms with E-state index in [-0.39, 0.29) is 24.4 Å². The van der Waals surface area contributed by atoms with Crippen molar-refractivity contribution in [2.75, 3.05) is 31.6 Å². The van der Waals surface area contributed by atoms with Gasteiger partial charge in [-0.15, -0.1) is 0 Å². The third kappa shape index (κ3) is 6.54. The number of hydrogen-bond donors (Lipinski definition) is 1. The average molecular weight is 357 g/mol. The number of benzene rings is 1.